The van der Waals surface area contributed by atoms with Crippen molar-refractivity contribution in [2.24, 2.45) is 0 Å². The zero-order valence-corrected chi connectivity index (χ0v) is 11.9. The van der Waals surface area contributed by atoms with E-state index >= 15 is 0 Å². The van der Waals surface area contributed by atoms with E-state index in [0.717, 1.165) is 28.7 Å². The number of nitrogens with zero attached hydrogens (tertiary/aromatic N) is 1. The van der Waals surface area contributed by atoms with Crippen LogP contribution in [0.3, 0.4) is 0 Å². The van der Waals surface area contributed by atoms with Gasteiger partial charge < -0.3 is 0 Å². The maximum absolute atomic E-state index is 12.3. The molecule has 19 heavy (non-hydrogen) atoms. The monoisotopic (exact) mass is 273 g/mol. The Balaban J connectivity index is 2.26. The molecule has 98 valence electrons. The van der Waals surface area contributed by atoms with Crippen LogP contribution in [0, 0.1) is 6.92 Å². The second-order valence-electron chi connectivity index (χ2n) is 4.58. The molecule has 0 saturated carbocycles. The second-order valence-corrected chi connectivity index (χ2v) is 4.99. The van der Waals surface area contributed by atoms with Gasteiger partial charge in [-0.05, 0) is 42.2 Å². The first kappa shape index (κ1) is 13.8. The van der Waals surface area contributed by atoms with E-state index in [0.29, 0.717) is 11.4 Å². The maximum Gasteiger partial charge on any atom is 0.167 e. The number of halogens is 1. The molecule has 0 amide bonds. The van der Waals surface area contributed by atoms with Crippen LogP contribution in [0.15, 0.2) is 36.7 Å². The molecule has 0 fully saturated rings. The van der Waals surface area contributed by atoms with E-state index in [1.807, 2.05) is 32.0 Å². The molecule has 3 heteroatoms. The van der Waals surface area contributed by atoms with Gasteiger partial charge in [-0.3, -0.25) is 9.78 Å². The van der Waals surface area contributed by atoms with Crippen LogP contribution in [0.25, 0.3) is 0 Å². The molecule has 0 atom stereocenters. The highest BCUT2D eigenvalue weighted by Crippen LogP contribution is 2.20. The molecule has 1 aromatic carbocycles. The zero-order chi connectivity index (χ0) is 13.8. The minimum absolute atomic E-state index is 0.0880. The third-order valence-corrected chi connectivity index (χ3v) is 3.50. The number of pyridine rings is 1. The van der Waals surface area contributed by atoms with Crippen LogP contribution >= 0.6 is 11.6 Å². The van der Waals surface area contributed by atoms with Crippen molar-refractivity contribution in [3.8, 4) is 0 Å². The lowest BCUT2D eigenvalue weighted by Gasteiger charge is -2.08. The van der Waals surface area contributed by atoms with Crippen molar-refractivity contribution in [1.82, 2.24) is 4.98 Å². The fourth-order valence-electron chi connectivity index (χ4n) is 2.04. The van der Waals surface area contributed by atoms with Gasteiger partial charge in [0.05, 0.1) is 0 Å². The standard InChI is InChI=1S/C16H16ClNO/c1-3-12-10-18-7-6-14(12)16(19)9-13-5-4-11(2)8-15(13)17/h4-8,10H,3,9H2,1-2H3. The molecular weight excluding hydrogens is 258 g/mol. The summed E-state index contributed by atoms with van der Waals surface area (Å²) in [6.45, 7) is 4.00. The highest BCUT2D eigenvalue weighted by molar-refractivity contribution is 6.31. The Morgan fingerprint density at radius 3 is 2.74 bits per heavy atom. The van der Waals surface area contributed by atoms with Crippen molar-refractivity contribution >= 4 is 17.4 Å². The van der Waals surface area contributed by atoms with Crippen molar-refractivity contribution in [2.45, 2.75) is 26.7 Å². The number of ketones is 1. The molecule has 0 radical (unpaired) electrons. The number of benzene rings is 1. The van der Waals surface area contributed by atoms with Crippen LogP contribution in [-0.4, -0.2) is 10.8 Å². The zero-order valence-electron chi connectivity index (χ0n) is 11.1. The molecular formula is C16H16ClNO. The highest BCUT2D eigenvalue weighted by Gasteiger charge is 2.12. The quantitative estimate of drug-likeness (QED) is 0.787. The number of rotatable bonds is 4. The molecule has 0 N–H and O–H groups in total. The molecule has 2 rings (SSSR count). The molecule has 2 nitrogen and oxygen atoms in total. The second kappa shape index (κ2) is 5.98. The van der Waals surface area contributed by atoms with E-state index in [1.54, 1.807) is 18.5 Å². The van der Waals surface area contributed by atoms with Gasteiger partial charge in [-0.2, -0.15) is 0 Å². The molecule has 0 spiro atoms. The summed E-state index contributed by atoms with van der Waals surface area (Å²) in [6.07, 6.45) is 4.54. The Morgan fingerprint density at radius 2 is 2.05 bits per heavy atom. The predicted octanol–water partition coefficient (Wildman–Crippen LogP) is 4.03. The summed E-state index contributed by atoms with van der Waals surface area (Å²) >= 11 is 6.17. The lowest BCUT2D eigenvalue weighted by molar-refractivity contribution is 0.0992. The third kappa shape index (κ3) is 3.21. The molecule has 0 aliphatic heterocycles. The number of carbonyl (C=O) groups is 1. The average Bonchev–Trinajstić information content (AvgIpc) is 2.41. The Bertz CT molecular complexity index is 607. The van der Waals surface area contributed by atoms with E-state index in [-0.39, 0.29) is 5.78 Å². The van der Waals surface area contributed by atoms with Gasteiger partial charge in [-0.25, -0.2) is 0 Å². The van der Waals surface area contributed by atoms with Gasteiger partial charge in [0.1, 0.15) is 0 Å². The van der Waals surface area contributed by atoms with Gasteiger partial charge in [0, 0.05) is 29.4 Å². The summed E-state index contributed by atoms with van der Waals surface area (Å²) < 4.78 is 0. The summed E-state index contributed by atoms with van der Waals surface area (Å²) in [5.41, 5.74) is 3.69. The van der Waals surface area contributed by atoms with Gasteiger partial charge in [-0.15, -0.1) is 0 Å². The van der Waals surface area contributed by atoms with Crippen molar-refractivity contribution in [3.05, 3.63) is 63.9 Å². The summed E-state index contributed by atoms with van der Waals surface area (Å²) in [4.78, 5) is 16.4. The van der Waals surface area contributed by atoms with Crippen molar-refractivity contribution in [2.75, 3.05) is 0 Å². The van der Waals surface area contributed by atoms with Crippen LogP contribution < -0.4 is 0 Å². The lowest BCUT2D eigenvalue weighted by atomic mass is 9.98. The van der Waals surface area contributed by atoms with E-state index < -0.39 is 0 Å². The Labute approximate surface area is 118 Å². The molecule has 1 aromatic heterocycles. The predicted molar refractivity (Wildman–Crippen MR) is 77.8 cm³/mol. The average molecular weight is 274 g/mol. The molecule has 1 heterocycles. The molecule has 0 aliphatic rings. The van der Waals surface area contributed by atoms with Gasteiger partial charge in [0.2, 0.25) is 0 Å². The summed E-state index contributed by atoms with van der Waals surface area (Å²) in [5, 5.41) is 0.653. The topological polar surface area (TPSA) is 30.0 Å². The molecule has 0 bridgehead atoms. The first-order chi connectivity index (χ1) is 9.11. The summed E-state index contributed by atoms with van der Waals surface area (Å²) in [7, 11) is 0. The van der Waals surface area contributed by atoms with E-state index in [4.69, 9.17) is 11.6 Å². The highest BCUT2D eigenvalue weighted by atomic mass is 35.5. The number of hydrogen-bond donors (Lipinski definition) is 0. The van der Waals surface area contributed by atoms with Crippen LogP contribution in [0.2, 0.25) is 5.02 Å². The van der Waals surface area contributed by atoms with E-state index in [9.17, 15) is 4.79 Å². The van der Waals surface area contributed by atoms with E-state index in [2.05, 4.69) is 4.98 Å². The Kier molecular flexibility index (Phi) is 4.33. The van der Waals surface area contributed by atoms with Crippen LogP contribution in [0.1, 0.15) is 34.0 Å². The number of Topliss-reactive ketones (excluding diaryl/α,β-unsaturated/α-hetero) is 1. The Morgan fingerprint density at radius 1 is 1.26 bits per heavy atom. The number of carbonyl (C=O) groups excluding carboxylic acids is 1. The summed E-state index contributed by atoms with van der Waals surface area (Å²) in [5.74, 6) is 0.0880. The number of aryl methyl sites for hydroxylation is 2. The number of aromatic nitrogens is 1. The minimum Gasteiger partial charge on any atom is -0.294 e. The fraction of sp³-hybridized carbons (Fsp3) is 0.250. The normalized spacial score (nSPS) is 10.5. The maximum atomic E-state index is 12.3. The molecule has 2 aromatic rings. The smallest absolute Gasteiger partial charge is 0.167 e. The largest absolute Gasteiger partial charge is 0.294 e. The third-order valence-electron chi connectivity index (χ3n) is 3.14. The number of hydrogen-bond acceptors (Lipinski definition) is 2. The molecule has 0 saturated heterocycles. The fourth-order valence-corrected chi connectivity index (χ4v) is 2.35. The van der Waals surface area contributed by atoms with E-state index in [1.165, 1.54) is 0 Å². The summed E-state index contributed by atoms with van der Waals surface area (Å²) in [6, 6.07) is 7.56. The van der Waals surface area contributed by atoms with Crippen molar-refractivity contribution < 1.29 is 4.79 Å². The van der Waals surface area contributed by atoms with Gasteiger partial charge in [0.25, 0.3) is 0 Å². The van der Waals surface area contributed by atoms with Crippen LogP contribution in [0.5, 0.6) is 0 Å². The van der Waals surface area contributed by atoms with Crippen LogP contribution in [-0.2, 0) is 12.8 Å². The lowest BCUT2D eigenvalue weighted by Crippen LogP contribution is -2.07. The Hall–Kier alpha value is -1.67. The van der Waals surface area contributed by atoms with Gasteiger partial charge >= 0.3 is 0 Å². The first-order valence-electron chi connectivity index (χ1n) is 6.33. The van der Waals surface area contributed by atoms with Crippen molar-refractivity contribution in [1.29, 1.82) is 0 Å². The first-order valence-corrected chi connectivity index (χ1v) is 6.70. The van der Waals surface area contributed by atoms with Gasteiger partial charge in [-0.1, -0.05) is 30.7 Å². The van der Waals surface area contributed by atoms with Crippen LogP contribution in [0.4, 0.5) is 0 Å². The molecule has 0 unspecified atom stereocenters. The molecule has 0 aliphatic carbocycles. The van der Waals surface area contributed by atoms with Crippen molar-refractivity contribution in [3.63, 3.8) is 0 Å². The minimum atomic E-state index is 0.0880. The van der Waals surface area contributed by atoms with Gasteiger partial charge in [0.15, 0.2) is 5.78 Å². The SMILES string of the molecule is CCc1cnccc1C(=O)Cc1ccc(C)cc1Cl.